The topological polar surface area (TPSA) is 109 Å². The average Bonchev–Trinajstić information content (AvgIpc) is 3.13. The fourth-order valence-corrected chi connectivity index (χ4v) is 5.04. The summed E-state index contributed by atoms with van der Waals surface area (Å²) in [5.74, 6) is 0.176. The van der Waals surface area contributed by atoms with Crippen molar-refractivity contribution in [2.45, 2.75) is 52.1 Å². The van der Waals surface area contributed by atoms with Gasteiger partial charge in [-0.2, -0.15) is 0 Å². The number of aromatic nitrogens is 3. The van der Waals surface area contributed by atoms with Gasteiger partial charge in [-0.1, -0.05) is 26.8 Å². The first-order chi connectivity index (χ1) is 13.7. The Hall–Kier alpha value is -2.97. The summed E-state index contributed by atoms with van der Waals surface area (Å²) in [7, 11) is 0. The Kier molecular flexibility index (Phi) is 4.55. The van der Waals surface area contributed by atoms with Gasteiger partial charge in [0.15, 0.2) is 11.5 Å². The van der Waals surface area contributed by atoms with Crippen LogP contribution in [-0.2, 0) is 16.1 Å². The molecule has 1 spiro atoms. The molecule has 1 aliphatic carbocycles. The number of rotatable bonds is 4. The lowest BCUT2D eigenvalue weighted by atomic mass is 9.64. The largest absolute Gasteiger partial charge is 0.347 e. The lowest BCUT2D eigenvalue weighted by molar-refractivity contribution is -0.137. The first-order valence-corrected chi connectivity index (χ1v) is 9.89. The van der Waals surface area contributed by atoms with Crippen molar-refractivity contribution >= 4 is 23.5 Å². The van der Waals surface area contributed by atoms with Crippen LogP contribution in [0.25, 0.3) is 5.65 Å². The average molecular weight is 398 g/mol. The van der Waals surface area contributed by atoms with Crippen molar-refractivity contribution < 1.29 is 14.4 Å². The first-order valence-electron chi connectivity index (χ1n) is 9.89. The zero-order valence-electron chi connectivity index (χ0n) is 16.9. The molecule has 2 aromatic rings. The van der Waals surface area contributed by atoms with Crippen LogP contribution < -0.4 is 10.6 Å². The van der Waals surface area contributed by atoms with Crippen LogP contribution in [0.3, 0.4) is 0 Å². The van der Waals surface area contributed by atoms with Gasteiger partial charge in [-0.05, 0) is 42.7 Å². The molecule has 3 heterocycles. The zero-order valence-corrected chi connectivity index (χ0v) is 16.9. The minimum absolute atomic E-state index is 0.0480. The number of fused-ring (bicyclic) bond motifs is 1. The molecule has 1 aliphatic heterocycles. The van der Waals surface area contributed by atoms with E-state index in [4.69, 9.17) is 0 Å². The van der Waals surface area contributed by atoms with Crippen LogP contribution >= 0.6 is 0 Å². The number of amides is 4. The summed E-state index contributed by atoms with van der Waals surface area (Å²) in [6, 6.07) is 5.02. The molecule has 1 saturated heterocycles. The van der Waals surface area contributed by atoms with E-state index in [1.165, 1.54) is 0 Å². The summed E-state index contributed by atoms with van der Waals surface area (Å²) < 4.78 is 1.77. The van der Waals surface area contributed by atoms with Crippen molar-refractivity contribution in [1.29, 1.82) is 0 Å². The predicted octanol–water partition coefficient (Wildman–Crippen LogP) is 1.48. The van der Waals surface area contributed by atoms with E-state index in [1.807, 2.05) is 24.4 Å². The Morgan fingerprint density at radius 1 is 1.28 bits per heavy atom. The number of carbonyl (C=O) groups excluding carboxylic acids is 3. The normalized spacial score (nSPS) is 26.2. The van der Waals surface area contributed by atoms with Crippen molar-refractivity contribution in [1.82, 2.24) is 30.1 Å². The number of carbonyl (C=O) groups is 3. The molecule has 0 unspecified atom stereocenters. The molecule has 4 rings (SSSR count). The second-order valence-corrected chi connectivity index (χ2v) is 9.08. The highest BCUT2D eigenvalue weighted by Crippen LogP contribution is 2.46. The minimum atomic E-state index is -0.901. The van der Waals surface area contributed by atoms with E-state index >= 15 is 0 Å². The monoisotopic (exact) mass is 398 g/mol. The third kappa shape index (κ3) is 3.56. The van der Waals surface area contributed by atoms with Gasteiger partial charge >= 0.3 is 6.03 Å². The van der Waals surface area contributed by atoms with Crippen molar-refractivity contribution in [2.75, 3.05) is 6.54 Å². The highest BCUT2D eigenvalue weighted by Gasteiger charge is 2.56. The maximum Gasteiger partial charge on any atom is 0.325 e. The number of hydrogen-bond donors (Lipinski definition) is 2. The van der Waals surface area contributed by atoms with Gasteiger partial charge in [0.2, 0.25) is 5.91 Å². The fraction of sp³-hybridized carbons (Fsp3) is 0.550. The van der Waals surface area contributed by atoms with Crippen LogP contribution in [0.1, 0.15) is 45.9 Å². The number of nitrogens with zero attached hydrogens (tertiary/aromatic N) is 4. The molecule has 4 amide bonds. The maximum atomic E-state index is 13.1. The van der Waals surface area contributed by atoms with Crippen LogP contribution in [-0.4, -0.2) is 49.4 Å². The van der Waals surface area contributed by atoms with Crippen LogP contribution in [0.4, 0.5) is 4.79 Å². The van der Waals surface area contributed by atoms with Gasteiger partial charge in [0, 0.05) is 6.20 Å². The van der Waals surface area contributed by atoms with Crippen LogP contribution in [0.5, 0.6) is 0 Å². The smallest absolute Gasteiger partial charge is 0.325 e. The molecule has 154 valence electrons. The second-order valence-electron chi connectivity index (χ2n) is 9.08. The van der Waals surface area contributed by atoms with Crippen LogP contribution in [0.2, 0.25) is 0 Å². The van der Waals surface area contributed by atoms with E-state index < -0.39 is 17.5 Å². The van der Waals surface area contributed by atoms with E-state index in [2.05, 4.69) is 41.6 Å². The van der Waals surface area contributed by atoms with E-state index in [0.717, 1.165) is 11.3 Å². The van der Waals surface area contributed by atoms with Crippen LogP contribution in [0.15, 0.2) is 24.4 Å². The summed E-state index contributed by atoms with van der Waals surface area (Å²) >= 11 is 0. The van der Waals surface area contributed by atoms with Gasteiger partial charge in [-0.25, -0.2) is 4.79 Å². The first kappa shape index (κ1) is 19.4. The summed E-state index contributed by atoms with van der Waals surface area (Å²) in [6.07, 6.45) is 4.00. The molecule has 2 atom stereocenters. The van der Waals surface area contributed by atoms with Gasteiger partial charge in [0.25, 0.3) is 5.91 Å². The number of pyridine rings is 1. The van der Waals surface area contributed by atoms with Crippen molar-refractivity contribution in [3.8, 4) is 0 Å². The van der Waals surface area contributed by atoms with E-state index in [9.17, 15) is 14.4 Å². The Morgan fingerprint density at radius 3 is 2.83 bits per heavy atom. The Morgan fingerprint density at radius 2 is 2.07 bits per heavy atom. The lowest BCUT2D eigenvalue weighted by Gasteiger charge is -2.43. The predicted molar refractivity (Wildman–Crippen MR) is 105 cm³/mol. The van der Waals surface area contributed by atoms with Gasteiger partial charge < -0.3 is 10.6 Å². The molecule has 9 heteroatoms. The summed E-state index contributed by atoms with van der Waals surface area (Å²) in [4.78, 5) is 39.1. The molecule has 0 radical (unpaired) electrons. The number of hydrogen-bond acceptors (Lipinski definition) is 5. The van der Waals surface area contributed by atoms with Crippen molar-refractivity contribution in [3.63, 3.8) is 0 Å². The lowest BCUT2D eigenvalue weighted by Crippen LogP contribution is -2.54. The third-order valence-corrected chi connectivity index (χ3v) is 5.75. The Labute approximate surface area is 168 Å². The van der Waals surface area contributed by atoms with E-state index in [0.29, 0.717) is 30.2 Å². The van der Waals surface area contributed by atoms with Crippen LogP contribution in [0, 0.1) is 11.3 Å². The molecule has 29 heavy (non-hydrogen) atoms. The summed E-state index contributed by atoms with van der Waals surface area (Å²) in [6.45, 7) is 6.17. The quantitative estimate of drug-likeness (QED) is 0.759. The van der Waals surface area contributed by atoms with Crippen molar-refractivity contribution in [2.24, 2.45) is 11.3 Å². The highest BCUT2D eigenvalue weighted by molar-refractivity contribution is 6.09. The summed E-state index contributed by atoms with van der Waals surface area (Å²) in [5, 5.41) is 13.7. The van der Waals surface area contributed by atoms with Gasteiger partial charge in [-0.15, -0.1) is 10.2 Å². The molecule has 2 N–H and O–H groups in total. The third-order valence-electron chi connectivity index (χ3n) is 5.75. The van der Waals surface area contributed by atoms with E-state index in [1.54, 1.807) is 4.40 Å². The molecule has 9 nitrogen and oxygen atoms in total. The number of nitrogens with one attached hydrogen (secondary N) is 2. The second kappa shape index (κ2) is 6.82. The van der Waals surface area contributed by atoms with Crippen molar-refractivity contribution in [3.05, 3.63) is 30.2 Å². The highest BCUT2D eigenvalue weighted by atomic mass is 16.2. The SMILES string of the molecule is C[C@@H]1CC(C)(C)C[C@]2(C1)NC(=O)N(CC(=O)NCc1nnc3ccccn13)C2=O. The Balaban J connectivity index is 1.42. The van der Waals surface area contributed by atoms with E-state index in [-0.39, 0.29) is 24.4 Å². The zero-order chi connectivity index (χ0) is 20.8. The standard InChI is InChI=1S/C20H26N6O3/c1-13-8-19(2,3)12-20(9-13)17(28)26(18(29)22-20)11-16(27)21-10-15-24-23-14-6-4-5-7-25(14)15/h4-7,13H,8-12H2,1-3H3,(H,21,27)(H,22,29)/t13-,20+/m1/s1. The molecule has 1 saturated carbocycles. The minimum Gasteiger partial charge on any atom is -0.347 e. The molecule has 2 aromatic heterocycles. The number of imide groups is 1. The Bertz CT molecular complexity index is 984. The summed E-state index contributed by atoms with van der Waals surface area (Å²) in [5.41, 5.74) is -0.267. The van der Waals surface area contributed by atoms with Gasteiger partial charge in [-0.3, -0.25) is 18.9 Å². The fourth-order valence-electron chi connectivity index (χ4n) is 5.04. The maximum absolute atomic E-state index is 13.1. The molecular weight excluding hydrogens is 372 g/mol. The molecular formula is C20H26N6O3. The molecule has 2 aliphatic rings. The van der Waals surface area contributed by atoms with Gasteiger partial charge in [0.1, 0.15) is 12.1 Å². The molecule has 2 fully saturated rings. The van der Waals surface area contributed by atoms with Gasteiger partial charge in [0.05, 0.1) is 6.54 Å². The molecule has 0 aromatic carbocycles. The molecule has 0 bridgehead atoms. The number of urea groups is 1.